The fourth-order valence-electron chi connectivity index (χ4n) is 2.30. The van der Waals surface area contributed by atoms with Crippen LogP contribution in [-0.4, -0.2) is 0 Å². The molecule has 0 spiro atoms. The second kappa shape index (κ2) is 6.76. The van der Waals surface area contributed by atoms with Crippen LogP contribution in [0.1, 0.15) is 25.8 Å². The van der Waals surface area contributed by atoms with Gasteiger partial charge in [-0.1, -0.05) is 55.5 Å². The van der Waals surface area contributed by atoms with Crippen LogP contribution in [0.2, 0.25) is 0 Å². The van der Waals surface area contributed by atoms with E-state index in [9.17, 15) is 0 Å². The summed E-state index contributed by atoms with van der Waals surface area (Å²) in [5.41, 5.74) is 11.6. The fraction of sp³-hybridized carbons (Fsp3) is 0.158. The van der Waals surface area contributed by atoms with Gasteiger partial charge < -0.3 is 5.73 Å². The molecule has 0 fully saturated rings. The first-order valence-electron chi connectivity index (χ1n) is 7.03. The normalized spacial score (nSPS) is 12.0. The maximum Gasteiger partial charge on any atom is 0.0326 e. The Hall–Kier alpha value is -2.28. The number of benzene rings is 2. The lowest BCUT2D eigenvalue weighted by Crippen LogP contribution is -1.90. The third-order valence-corrected chi connectivity index (χ3v) is 3.17. The Balaban J connectivity index is 2.51. The van der Waals surface area contributed by atoms with E-state index in [-0.39, 0.29) is 0 Å². The summed E-state index contributed by atoms with van der Waals surface area (Å²) in [6, 6.07) is 16.6. The Bertz CT molecular complexity index is 621. The second-order valence-electron chi connectivity index (χ2n) is 4.78. The molecule has 0 radical (unpaired) electrons. The van der Waals surface area contributed by atoms with Crippen LogP contribution < -0.4 is 5.73 Å². The number of anilines is 1. The molecule has 0 unspecified atom stereocenters. The van der Waals surface area contributed by atoms with E-state index in [0.29, 0.717) is 0 Å². The van der Waals surface area contributed by atoms with Crippen LogP contribution in [0.15, 0.2) is 66.8 Å². The molecule has 0 atom stereocenters. The molecule has 0 saturated carbocycles. The lowest BCUT2D eigenvalue weighted by atomic mass is 9.97. The van der Waals surface area contributed by atoms with E-state index < -0.39 is 0 Å². The Morgan fingerprint density at radius 2 is 1.80 bits per heavy atom. The molecular formula is C19H21N. The summed E-state index contributed by atoms with van der Waals surface area (Å²) in [7, 11) is 0. The first-order valence-corrected chi connectivity index (χ1v) is 7.03. The molecule has 0 saturated heterocycles. The molecular weight excluding hydrogens is 242 g/mol. The van der Waals surface area contributed by atoms with Gasteiger partial charge in [0.05, 0.1) is 0 Å². The first kappa shape index (κ1) is 14.1. The Morgan fingerprint density at radius 1 is 1.05 bits per heavy atom. The van der Waals surface area contributed by atoms with Crippen LogP contribution in [-0.2, 0) is 0 Å². The van der Waals surface area contributed by atoms with Gasteiger partial charge in [0.2, 0.25) is 0 Å². The van der Waals surface area contributed by atoms with E-state index in [1.165, 1.54) is 16.7 Å². The lowest BCUT2D eigenvalue weighted by Gasteiger charge is -2.09. The largest absolute Gasteiger partial charge is 0.399 e. The number of nitrogen functional groups attached to an aromatic ring is 1. The lowest BCUT2D eigenvalue weighted by molar-refractivity contribution is 1.23. The minimum absolute atomic E-state index is 0.799. The van der Waals surface area contributed by atoms with Crippen molar-refractivity contribution in [2.24, 2.45) is 0 Å². The summed E-state index contributed by atoms with van der Waals surface area (Å²) >= 11 is 0. The van der Waals surface area contributed by atoms with Gasteiger partial charge in [-0.25, -0.2) is 0 Å². The average molecular weight is 263 g/mol. The van der Waals surface area contributed by atoms with Crippen molar-refractivity contribution in [1.29, 1.82) is 0 Å². The standard InChI is InChI=1S/C19H21N/c1-3-8-15(9-4-2)17-12-18(14-19(20)13-17)16-10-6-5-7-11-16/h3,5-14H,4,20H2,1-2H3/b8-3-,15-9+. The number of hydrogen-bond donors (Lipinski definition) is 1. The van der Waals surface area contributed by atoms with Crippen molar-refractivity contribution in [2.75, 3.05) is 5.73 Å². The van der Waals surface area contributed by atoms with E-state index in [1.54, 1.807) is 0 Å². The Morgan fingerprint density at radius 3 is 2.45 bits per heavy atom. The molecule has 0 aliphatic carbocycles. The summed E-state index contributed by atoms with van der Waals surface area (Å²) in [5, 5.41) is 0. The monoisotopic (exact) mass is 263 g/mol. The summed E-state index contributed by atoms with van der Waals surface area (Å²) in [6.45, 7) is 4.18. The van der Waals surface area contributed by atoms with E-state index in [2.05, 4.69) is 43.4 Å². The quantitative estimate of drug-likeness (QED) is 0.587. The number of rotatable bonds is 4. The number of allylic oxidation sites excluding steroid dienone is 4. The molecule has 0 bridgehead atoms. The molecule has 0 aliphatic heterocycles. The maximum atomic E-state index is 6.08. The van der Waals surface area contributed by atoms with Gasteiger partial charge in [0, 0.05) is 5.69 Å². The van der Waals surface area contributed by atoms with Crippen molar-refractivity contribution in [2.45, 2.75) is 20.3 Å². The Labute approximate surface area is 121 Å². The molecule has 20 heavy (non-hydrogen) atoms. The van der Waals surface area contributed by atoms with Crippen molar-refractivity contribution < 1.29 is 0 Å². The van der Waals surface area contributed by atoms with Gasteiger partial charge in [-0.15, -0.1) is 0 Å². The minimum Gasteiger partial charge on any atom is -0.399 e. The van der Waals surface area contributed by atoms with E-state index in [4.69, 9.17) is 5.73 Å². The SMILES string of the molecule is C/C=C\C(=C/CC)c1cc(N)cc(-c2ccccc2)c1. The molecule has 1 heteroatoms. The molecule has 2 rings (SSSR count). The zero-order valence-electron chi connectivity index (χ0n) is 12.1. The highest BCUT2D eigenvalue weighted by molar-refractivity contribution is 5.80. The minimum atomic E-state index is 0.799. The Kier molecular flexibility index (Phi) is 4.78. The summed E-state index contributed by atoms with van der Waals surface area (Å²) in [4.78, 5) is 0. The predicted molar refractivity (Wildman–Crippen MR) is 89.4 cm³/mol. The van der Waals surface area contributed by atoms with Gasteiger partial charge in [0.15, 0.2) is 0 Å². The van der Waals surface area contributed by atoms with E-state index >= 15 is 0 Å². The van der Waals surface area contributed by atoms with E-state index in [1.807, 2.05) is 37.3 Å². The summed E-state index contributed by atoms with van der Waals surface area (Å²) < 4.78 is 0. The fourth-order valence-corrected chi connectivity index (χ4v) is 2.30. The van der Waals surface area contributed by atoms with Crippen molar-refractivity contribution >= 4 is 11.3 Å². The molecule has 2 N–H and O–H groups in total. The van der Waals surface area contributed by atoms with Crippen molar-refractivity contribution in [3.05, 3.63) is 72.3 Å². The zero-order valence-corrected chi connectivity index (χ0v) is 12.1. The third kappa shape index (κ3) is 3.39. The van der Waals surface area contributed by atoms with Crippen LogP contribution in [0.5, 0.6) is 0 Å². The zero-order chi connectivity index (χ0) is 14.4. The molecule has 2 aromatic carbocycles. The molecule has 0 heterocycles. The maximum absolute atomic E-state index is 6.08. The highest BCUT2D eigenvalue weighted by Crippen LogP contribution is 2.27. The van der Waals surface area contributed by atoms with Gasteiger partial charge in [-0.05, 0) is 53.8 Å². The molecule has 0 aliphatic rings. The van der Waals surface area contributed by atoms with Gasteiger partial charge in [0.25, 0.3) is 0 Å². The molecule has 0 amide bonds. The first-order chi connectivity index (χ1) is 9.74. The van der Waals surface area contributed by atoms with Gasteiger partial charge in [-0.3, -0.25) is 0 Å². The van der Waals surface area contributed by atoms with Crippen LogP contribution in [0.25, 0.3) is 16.7 Å². The van der Waals surface area contributed by atoms with Crippen LogP contribution in [0.3, 0.4) is 0 Å². The summed E-state index contributed by atoms with van der Waals surface area (Å²) in [6.07, 6.45) is 7.43. The second-order valence-corrected chi connectivity index (χ2v) is 4.78. The molecule has 1 nitrogen and oxygen atoms in total. The highest BCUT2D eigenvalue weighted by Gasteiger charge is 2.04. The van der Waals surface area contributed by atoms with Crippen molar-refractivity contribution in [3.8, 4) is 11.1 Å². The molecule has 2 aromatic rings. The van der Waals surface area contributed by atoms with Crippen LogP contribution >= 0.6 is 0 Å². The smallest absolute Gasteiger partial charge is 0.0326 e. The van der Waals surface area contributed by atoms with Crippen LogP contribution in [0, 0.1) is 0 Å². The average Bonchev–Trinajstić information content (AvgIpc) is 2.47. The molecule has 102 valence electrons. The van der Waals surface area contributed by atoms with Gasteiger partial charge >= 0.3 is 0 Å². The topological polar surface area (TPSA) is 26.0 Å². The van der Waals surface area contributed by atoms with Gasteiger partial charge in [0.1, 0.15) is 0 Å². The van der Waals surface area contributed by atoms with Gasteiger partial charge in [-0.2, -0.15) is 0 Å². The van der Waals surface area contributed by atoms with Crippen molar-refractivity contribution in [3.63, 3.8) is 0 Å². The van der Waals surface area contributed by atoms with E-state index in [0.717, 1.165) is 17.7 Å². The number of nitrogens with two attached hydrogens (primary N) is 1. The third-order valence-electron chi connectivity index (χ3n) is 3.17. The molecule has 0 aromatic heterocycles. The van der Waals surface area contributed by atoms with Crippen LogP contribution in [0.4, 0.5) is 5.69 Å². The predicted octanol–water partition coefficient (Wildman–Crippen LogP) is 5.31. The number of hydrogen-bond acceptors (Lipinski definition) is 1. The van der Waals surface area contributed by atoms with Crippen molar-refractivity contribution in [1.82, 2.24) is 0 Å². The highest BCUT2D eigenvalue weighted by atomic mass is 14.5. The summed E-state index contributed by atoms with van der Waals surface area (Å²) in [5.74, 6) is 0.